The van der Waals surface area contributed by atoms with Crippen LogP contribution in [0.3, 0.4) is 0 Å². The van der Waals surface area contributed by atoms with Gasteiger partial charge < -0.3 is 5.32 Å². The minimum Gasteiger partial charge on any atom is -0.305 e. The molecule has 0 aliphatic carbocycles. The number of alkyl halides is 1. The summed E-state index contributed by atoms with van der Waals surface area (Å²) in [6, 6.07) is 0. The van der Waals surface area contributed by atoms with E-state index in [4.69, 9.17) is 16.9 Å². The fourth-order valence-electron chi connectivity index (χ4n) is 0.204. The molecule has 0 heterocycles. The van der Waals surface area contributed by atoms with E-state index < -0.39 is 0 Å². The Morgan fingerprint density at radius 1 is 1.31 bits per heavy atom. The molecule has 0 fully saturated rings. The van der Waals surface area contributed by atoms with Crippen LogP contribution in [0.4, 0.5) is 0 Å². The number of rotatable bonds is 3. The topological polar surface area (TPSA) is 50.7 Å². The van der Waals surface area contributed by atoms with Gasteiger partial charge in [0.05, 0.1) is 5.50 Å². The summed E-state index contributed by atoms with van der Waals surface area (Å²) in [6.45, 7) is 3.56. The molecule has 0 aromatic rings. The normalized spacial score (nSPS) is 8.81. The predicted octanol–water partition coefficient (Wildman–Crippen LogP) is 1.83. The summed E-state index contributed by atoms with van der Waals surface area (Å²) in [5.74, 6) is 12.3. The molecule has 0 radical (unpaired) electrons. The summed E-state index contributed by atoms with van der Waals surface area (Å²) in [6.07, 6.45) is 0. The van der Waals surface area contributed by atoms with Crippen molar-refractivity contribution in [3.05, 3.63) is 0 Å². The van der Waals surface area contributed by atoms with Gasteiger partial charge in [-0.2, -0.15) is 0 Å². The molecule has 0 rings (SSSR count). The molecule has 2 N–H and O–H groups in total. The van der Waals surface area contributed by atoms with Crippen molar-refractivity contribution in [1.82, 2.24) is 5.32 Å². The lowest BCUT2D eigenvalue weighted by Gasteiger charge is -1.92. The van der Waals surface area contributed by atoms with Crippen molar-refractivity contribution in [2.45, 2.75) is 19.3 Å². The molecule has 0 saturated heterocycles. The third-order valence-corrected chi connectivity index (χ3v) is 1.40. The van der Waals surface area contributed by atoms with Crippen LogP contribution in [0.25, 0.3) is 0 Å². The average Bonchev–Trinajstić information content (AvgIpc) is 2.29. The lowest BCUT2D eigenvalue weighted by molar-refractivity contribution is -0.431. The number of hydrogen-bond donors (Lipinski definition) is 2. The first-order chi connectivity index (χ1) is 7.68. The first-order valence-corrected chi connectivity index (χ1v) is 5.23. The summed E-state index contributed by atoms with van der Waals surface area (Å²) in [5.41, 5.74) is 0.106. The second-order valence-corrected chi connectivity index (χ2v) is 3.14. The van der Waals surface area contributed by atoms with Gasteiger partial charge in [-0.25, -0.2) is 5.26 Å². The average molecular weight is 262 g/mol. The van der Waals surface area contributed by atoms with Gasteiger partial charge in [0.1, 0.15) is 12.0 Å². The highest BCUT2D eigenvalue weighted by Crippen LogP contribution is 1.96. The molecule has 6 heteroatoms. The second-order valence-electron chi connectivity index (χ2n) is 1.98. The SMILES string of the molecule is CC#CC#CC#CSOOO.CNC(C)Cl. The van der Waals surface area contributed by atoms with E-state index in [1.54, 1.807) is 6.92 Å². The first-order valence-electron chi connectivity index (χ1n) is 4.05. The molecule has 0 saturated carbocycles. The van der Waals surface area contributed by atoms with Crippen LogP contribution in [0.2, 0.25) is 0 Å². The molecular weight excluding hydrogens is 250 g/mol. The van der Waals surface area contributed by atoms with Crippen molar-refractivity contribution in [1.29, 1.82) is 0 Å². The van der Waals surface area contributed by atoms with Gasteiger partial charge in [-0.1, -0.05) is 11.0 Å². The van der Waals surface area contributed by atoms with E-state index in [9.17, 15) is 0 Å². The fraction of sp³-hybridized carbons (Fsp3) is 0.400. The molecule has 0 aromatic heterocycles. The molecule has 0 amide bonds. The van der Waals surface area contributed by atoms with Gasteiger partial charge in [-0.3, -0.25) is 0 Å². The molecule has 0 aromatic carbocycles. The van der Waals surface area contributed by atoms with Crippen LogP contribution in [0, 0.1) is 34.9 Å². The van der Waals surface area contributed by atoms with Crippen LogP contribution in [0.1, 0.15) is 13.8 Å². The van der Waals surface area contributed by atoms with Crippen LogP contribution in [0.5, 0.6) is 0 Å². The number of halogens is 1. The monoisotopic (exact) mass is 261 g/mol. The summed E-state index contributed by atoms with van der Waals surface area (Å²) in [4.78, 5) is 0. The van der Waals surface area contributed by atoms with Gasteiger partial charge in [0.15, 0.2) is 0 Å². The maximum absolute atomic E-state index is 7.64. The second kappa shape index (κ2) is 16.6. The Bertz CT molecular complexity index is 327. The molecule has 1 unspecified atom stereocenters. The van der Waals surface area contributed by atoms with Gasteiger partial charge in [0.25, 0.3) is 0 Å². The zero-order valence-corrected chi connectivity index (χ0v) is 10.7. The minimum absolute atomic E-state index is 0.106. The smallest absolute Gasteiger partial charge is 0.125 e. The number of hydrogen-bond acceptors (Lipinski definition) is 5. The van der Waals surface area contributed by atoms with Crippen molar-refractivity contribution in [3.63, 3.8) is 0 Å². The Balaban J connectivity index is 0. The highest BCUT2D eigenvalue weighted by molar-refractivity contribution is 7.99. The van der Waals surface area contributed by atoms with E-state index in [0.29, 0.717) is 12.0 Å². The molecule has 0 bridgehead atoms. The van der Waals surface area contributed by atoms with E-state index in [0.717, 1.165) is 0 Å². The lowest BCUT2D eigenvalue weighted by Crippen LogP contribution is -2.12. The molecule has 88 valence electrons. The third kappa shape index (κ3) is 23.2. The zero-order chi connectivity index (χ0) is 12.6. The van der Waals surface area contributed by atoms with Crippen molar-refractivity contribution in [2.75, 3.05) is 7.05 Å². The molecule has 16 heavy (non-hydrogen) atoms. The summed E-state index contributed by atoms with van der Waals surface area (Å²) in [5, 5.41) is 16.0. The van der Waals surface area contributed by atoms with Crippen molar-refractivity contribution in [2.24, 2.45) is 0 Å². The van der Waals surface area contributed by atoms with Gasteiger partial charge in [-0.05, 0) is 38.7 Å². The van der Waals surface area contributed by atoms with E-state index >= 15 is 0 Å². The highest BCUT2D eigenvalue weighted by atomic mass is 35.5. The third-order valence-electron chi connectivity index (χ3n) is 0.867. The maximum Gasteiger partial charge on any atom is 0.125 e. The van der Waals surface area contributed by atoms with Gasteiger partial charge in [-0.15, -0.1) is 15.9 Å². The summed E-state index contributed by atoms with van der Waals surface area (Å²) in [7, 11) is 1.82. The Labute approximate surface area is 105 Å². The molecule has 4 nitrogen and oxygen atoms in total. The molecular formula is C10H12ClNO3S. The molecule has 0 aliphatic rings. The molecule has 0 spiro atoms. The Morgan fingerprint density at radius 3 is 2.31 bits per heavy atom. The largest absolute Gasteiger partial charge is 0.305 e. The molecule has 0 aliphatic heterocycles. The van der Waals surface area contributed by atoms with Crippen LogP contribution in [0.15, 0.2) is 0 Å². The van der Waals surface area contributed by atoms with Crippen molar-refractivity contribution in [3.8, 4) is 34.9 Å². The first kappa shape index (κ1) is 17.6. The van der Waals surface area contributed by atoms with Crippen LogP contribution < -0.4 is 5.32 Å². The van der Waals surface area contributed by atoms with Crippen molar-refractivity contribution >= 4 is 23.6 Å². The van der Waals surface area contributed by atoms with E-state index in [1.807, 2.05) is 14.0 Å². The Hall–Kier alpha value is -0.840. The summed E-state index contributed by atoms with van der Waals surface area (Å²) < 4.78 is 3.93. The number of nitrogens with one attached hydrogen (secondary N) is 1. The maximum atomic E-state index is 7.64. The fourth-order valence-corrected chi connectivity index (χ4v) is 0.361. The summed E-state index contributed by atoms with van der Waals surface area (Å²) >= 11 is 5.98. The lowest BCUT2D eigenvalue weighted by atomic mass is 10.5. The quantitative estimate of drug-likeness (QED) is 0.154. The highest BCUT2D eigenvalue weighted by Gasteiger charge is 1.80. The van der Waals surface area contributed by atoms with Crippen LogP contribution in [-0.4, -0.2) is 17.8 Å². The van der Waals surface area contributed by atoms with Gasteiger partial charge in [0, 0.05) is 11.2 Å². The zero-order valence-electron chi connectivity index (χ0n) is 9.13. The van der Waals surface area contributed by atoms with Crippen molar-refractivity contribution < 1.29 is 14.6 Å². The minimum atomic E-state index is 0.106. The van der Waals surface area contributed by atoms with Gasteiger partial charge in [0.2, 0.25) is 0 Å². The Morgan fingerprint density at radius 2 is 1.88 bits per heavy atom. The van der Waals surface area contributed by atoms with E-state index in [1.165, 1.54) is 0 Å². The Kier molecular flexibility index (Phi) is 18.2. The van der Waals surface area contributed by atoms with Crippen LogP contribution in [-0.2, 0) is 9.37 Å². The molecule has 1 atom stereocenters. The van der Waals surface area contributed by atoms with Crippen LogP contribution >= 0.6 is 23.6 Å². The van der Waals surface area contributed by atoms with E-state index in [2.05, 4.69) is 49.5 Å². The predicted molar refractivity (Wildman–Crippen MR) is 65.8 cm³/mol. The van der Waals surface area contributed by atoms with Gasteiger partial charge >= 0.3 is 0 Å². The van der Waals surface area contributed by atoms with E-state index in [-0.39, 0.29) is 5.50 Å². The standard InChI is InChI=1S/C7H4O3S.C3H8ClN/c1-2-3-4-5-6-7-11-10-9-8;1-3(4)5-2/h8H,1H3;3,5H,1-2H3.